The lowest BCUT2D eigenvalue weighted by Gasteiger charge is -2.24. The number of rotatable bonds is 6. The van der Waals surface area contributed by atoms with Crippen LogP contribution in [-0.4, -0.2) is 30.2 Å². The smallest absolute Gasteiger partial charge is 0.241 e. The second-order valence-corrected chi connectivity index (χ2v) is 6.47. The molecule has 0 fully saturated rings. The van der Waals surface area contributed by atoms with Crippen LogP contribution in [0, 0.1) is 11.3 Å². The maximum Gasteiger partial charge on any atom is 0.241 e. The van der Waals surface area contributed by atoms with Gasteiger partial charge in [0.2, 0.25) is 5.91 Å². The second-order valence-electron chi connectivity index (χ2n) is 5.59. The van der Waals surface area contributed by atoms with Crippen molar-refractivity contribution in [2.75, 3.05) is 18.6 Å². The Morgan fingerprint density at radius 2 is 1.92 bits per heavy atom. The highest BCUT2D eigenvalue weighted by Crippen LogP contribution is 2.17. The van der Waals surface area contributed by atoms with Crippen LogP contribution < -0.4 is 5.32 Å². The predicted octanol–water partition coefficient (Wildman–Crippen LogP) is 3.74. The Kier molecular flexibility index (Phi) is 6.42. The summed E-state index contributed by atoms with van der Waals surface area (Å²) in [4.78, 5) is 15.7. The topological polar surface area (TPSA) is 56.1 Å². The van der Waals surface area contributed by atoms with Gasteiger partial charge in [0.25, 0.3) is 0 Å². The van der Waals surface area contributed by atoms with Gasteiger partial charge in [-0.1, -0.05) is 24.3 Å². The first-order valence-electron chi connectivity index (χ1n) is 7.68. The van der Waals surface area contributed by atoms with Gasteiger partial charge in [0.05, 0.1) is 17.3 Å². The summed E-state index contributed by atoms with van der Waals surface area (Å²) in [6, 6.07) is 17.1. The molecule has 24 heavy (non-hydrogen) atoms. The van der Waals surface area contributed by atoms with Crippen molar-refractivity contribution >= 4 is 23.4 Å². The molecule has 4 nitrogen and oxygen atoms in total. The fourth-order valence-electron chi connectivity index (χ4n) is 2.28. The molecule has 0 radical (unpaired) electrons. The number of nitriles is 1. The zero-order chi connectivity index (χ0) is 17.5. The number of anilines is 1. The Bertz CT molecular complexity index is 737. The Balaban J connectivity index is 2.00. The summed E-state index contributed by atoms with van der Waals surface area (Å²) >= 11 is 1.71. The maximum atomic E-state index is 12.4. The van der Waals surface area contributed by atoms with Crippen LogP contribution in [0.5, 0.6) is 0 Å². The number of likely N-dealkylation sites (N-methyl/N-ethyl adjacent to an activating group) is 1. The predicted molar refractivity (Wildman–Crippen MR) is 98.9 cm³/mol. The summed E-state index contributed by atoms with van der Waals surface area (Å²) in [7, 11) is 1.92. The van der Waals surface area contributed by atoms with Crippen molar-refractivity contribution < 1.29 is 4.79 Å². The van der Waals surface area contributed by atoms with Crippen LogP contribution in [0.1, 0.15) is 18.1 Å². The molecule has 0 unspecified atom stereocenters. The molecule has 0 aliphatic rings. The van der Waals surface area contributed by atoms with E-state index in [4.69, 9.17) is 5.26 Å². The van der Waals surface area contributed by atoms with Gasteiger partial charge in [0, 0.05) is 11.4 Å². The molecule has 0 aliphatic heterocycles. The van der Waals surface area contributed by atoms with Crippen LogP contribution in [-0.2, 0) is 11.3 Å². The van der Waals surface area contributed by atoms with Crippen molar-refractivity contribution in [3.63, 3.8) is 0 Å². The molecule has 0 spiro atoms. The third-order valence-electron chi connectivity index (χ3n) is 3.94. The Hall–Kier alpha value is -2.29. The molecule has 2 aromatic rings. The Morgan fingerprint density at radius 1 is 1.25 bits per heavy atom. The van der Waals surface area contributed by atoms with E-state index in [0.29, 0.717) is 17.8 Å². The molecule has 2 aromatic carbocycles. The lowest BCUT2D eigenvalue weighted by atomic mass is 10.1. The van der Waals surface area contributed by atoms with E-state index in [9.17, 15) is 4.79 Å². The molecule has 0 bridgehead atoms. The summed E-state index contributed by atoms with van der Waals surface area (Å²) in [6.07, 6.45) is 2.05. The molecule has 0 saturated heterocycles. The highest BCUT2D eigenvalue weighted by molar-refractivity contribution is 7.98. The van der Waals surface area contributed by atoms with E-state index in [2.05, 4.69) is 35.7 Å². The normalized spacial score (nSPS) is 11.8. The Labute approximate surface area is 147 Å². The van der Waals surface area contributed by atoms with E-state index < -0.39 is 0 Å². The van der Waals surface area contributed by atoms with Crippen molar-refractivity contribution in [2.45, 2.75) is 24.4 Å². The molecule has 0 saturated carbocycles. The summed E-state index contributed by atoms with van der Waals surface area (Å²) in [6.45, 7) is 2.55. The number of carbonyl (C=O) groups excluding carboxylic acids is 1. The SMILES string of the molecule is CSc1ccc(CN(C)[C@H](C)C(=O)Nc2ccccc2C#N)cc1. The van der Waals surface area contributed by atoms with Gasteiger partial charge in [-0.15, -0.1) is 11.8 Å². The van der Waals surface area contributed by atoms with Crippen molar-refractivity contribution in [1.82, 2.24) is 4.90 Å². The molecule has 0 aromatic heterocycles. The van der Waals surface area contributed by atoms with E-state index in [1.54, 1.807) is 36.0 Å². The third-order valence-corrected chi connectivity index (χ3v) is 4.68. The first kappa shape index (κ1) is 18.1. The first-order valence-corrected chi connectivity index (χ1v) is 8.90. The average molecular weight is 339 g/mol. The molecule has 1 N–H and O–H groups in total. The molecular weight excluding hydrogens is 318 g/mol. The van der Waals surface area contributed by atoms with Crippen LogP contribution in [0.4, 0.5) is 5.69 Å². The van der Waals surface area contributed by atoms with Crippen LogP contribution in [0.15, 0.2) is 53.4 Å². The van der Waals surface area contributed by atoms with Gasteiger partial charge in [0.15, 0.2) is 0 Å². The van der Waals surface area contributed by atoms with E-state index in [1.165, 1.54) is 4.90 Å². The van der Waals surface area contributed by atoms with Crippen LogP contribution in [0.3, 0.4) is 0 Å². The molecule has 2 rings (SSSR count). The number of hydrogen-bond donors (Lipinski definition) is 1. The number of carbonyl (C=O) groups is 1. The van der Waals surface area contributed by atoms with E-state index in [-0.39, 0.29) is 11.9 Å². The van der Waals surface area contributed by atoms with Gasteiger partial charge in [-0.05, 0) is 50.1 Å². The number of benzene rings is 2. The van der Waals surface area contributed by atoms with Crippen LogP contribution >= 0.6 is 11.8 Å². The average Bonchev–Trinajstić information content (AvgIpc) is 2.62. The summed E-state index contributed by atoms with van der Waals surface area (Å²) in [5.74, 6) is -0.124. The number of nitrogens with one attached hydrogen (secondary N) is 1. The largest absolute Gasteiger partial charge is 0.324 e. The van der Waals surface area contributed by atoms with Crippen molar-refractivity contribution in [3.05, 3.63) is 59.7 Å². The molecule has 0 heterocycles. The summed E-state index contributed by atoms with van der Waals surface area (Å²) in [5.41, 5.74) is 2.18. The maximum absolute atomic E-state index is 12.4. The first-order chi connectivity index (χ1) is 11.5. The fraction of sp³-hybridized carbons (Fsp3) is 0.263. The highest BCUT2D eigenvalue weighted by Gasteiger charge is 2.19. The van der Waals surface area contributed by atoms with Crippen molar-refractivity contribution in [1.29, 1.82) is 5.26 Å². The van der Waals surface area contributed by atoms with E-state index in [0.717, 1.165) is 5.56 Å². The van der Waals surface area contributed by atoms with Crippen LogP contribution in [0.25, 0.3) is 0 Å². The van der Waals surface area contributed by atoms with E-state index >= 15 is 0 Å². The molecule has 1 amide bonds. The van der Waals surface area contributed by atoms with Crippen molar-refractivity contribution in [2.24, 2.45) is 0 Å². The molecule has 1 atom stereocenters. The number of nitrogens with zero attached hydrogens (tertiary/aromatic N) is 2. The number of amides is 1. The lowest BCUT2D eigenvalue weighted by molar-refractivity contribution is -0.120. The van der Waals surface area contributed by atoms with Gasteiger partial charge >= 0.3 is 0 Å². The van der Waals surface area contributed by atoms with Gasteiger partial charge < -0.3 is 5.32 Å². The molecule has 0 aliphatic carbocycles. The number of hydrogen-bond acceptors (Lipinski definition) is 4. The third kappa shape index (κ3) is 4.60. The summed E-state index contributed by atoms with van der Waals surface area (Å²) < 4.78 is 0. The standard InChI is InChI=1S/C19H21N3OS/c1-14(19(23)21-18-7-5-4-6-16(18)12-20)22(2)13-15-8-10-17(24-3)11-9-15/h4-11,14H,13H2,1-3H3,(H,21,23)/t14-/m1/s1. The highest BCUT2D eigenvalue weighted by atomic mass is 32.2. The van der Waals surface area contributed by atoms with Gasteiger partial charge in [0.1, 0.15) is 6.07 Å². The minimum absolute atomic E-state index is 0.124. The monoisotopic (exact) mass is 339 g/mol. The minimum Gasteiger partial charge on any atom is -0.324 e. The minimum atomic E-state index is -0.308. The quantitative estimate of drug-likeness (QED) is 0.815. The molecule has 5 heteroatoms. The fourth-order valence-corrected chi connectivity index (χ4v) is 2.69. The van der Waals surface area contributed by atoms with Gasteiger partial charge in [-0.2, -0.15) is 5.26 Å². The Morgan fingerprint density at radius 3 is 2.54 bits per heavy atom. The summed E-state index contributed by atoms with van der Waals surface area (Å²) in [5, 5.41) is 11.9. The number of thioether (sulfide) groups is 1. The number of para-hydroxylation sites is 1. The molecule has 124 valence electrons. The molecular formula is C19H21N3OS. The second kappa shape index (κ2) is 8.53. The zero-order valence-corrected chi connectivity index (χ0v) is 14.9. The zero-order valence-electron chi connectivity index (χ0n) is 14.1. The lowest BCUT2D eigenvalue weighted by Crippen LogP contribution is -2.39. The van der Waals surface area contributed by atoms with E-state index in [1.807, 2.05) is 25.1 Å². The van der Waals surface area contributed by atoms with Crippen LogP contribution in [0.2, 0.25) is 0 Å². The van der Waals surface area contributed by atoms with Gasteiger partial charge in [-0.3, -0.25) is 9.69 Å². The van der Waals surface area contributed by atoms with Crippen molar-refractivity contribution in [3.8, 4) is 6.07 Å². The van der Waals surface area contributed by atoms with Gasteiger partial charge in [-0.25, -0.2) is 0 Å².